The zero-order valence-electron chi connectivity index (χ0n) is 11.2. The Morgan fingerprint density at radius 3 is 2.61 bits per heavy atom. The van der Waals surface area contributed by atoms with Crippen LogP contribution in [0.3, 0.4) is 0 Å². The Kier molecular flexibility index (Phi) is 5.56. The van der Waals surface area contributed by atoms with Crippen molar-refractivity contribution in [2.75, 3.05) is 25.0 Å². The van der Waals surface area contributed by atoms with Gasteiger partial charge in [0.2, 0.25) is 0 Å². The Balaban J connectivity index is 2.34. The van der Waals surface area contributed by atoms with E-state index < -0.39 is 5.60 Å². The van der Waals surface area contributed by atoms with Crippen LogP contribution >= 0.6 is 0 Å². The fourth-order valence-electron chi connectivity index (χ4n) is 1.84. The van der Waals surface area contributed by atoms with Gasteiger partial charge in [0, 0.05) is 20.1 Å². The predicted molar refractivity (Wildman–Crippen MR) is 73.2 cm³/mol. The molecule has 1 unspecified atom stereocenters. The van der Waals surface area contributed by atoms with Gasteiger partial charge in [-0.2, -0.15) is 0 Å². The van der Waals surface area contributed by atoms with Gasteiger partial charge in [0.15, 0.2) is 0 Å². The molecule has 0 spiro atoms. The second kappa shape index (κ2) is 6.71. The Labute approximate surface area is 108 Å². The van der Waals surface area contributed by atoms with Crippen LogP contribution in [0.4, 0.5) is 10.1 Å². The molecule has 0 saturated carbocycles. The summed E-state index contributed by atoms with van der Waals surface area (Å²) in [7, 11) is 1.87. The van der Waals surface area contributed by atoms with Gasteiger partial charge < -0.3 is 15.7 Å². The third kappa shape index (κ3) is 4.63. The second-order valence-corrected chi connectivity index (χ2v) is 5.03. The Morgan fingerprint density at radius 2 is 2.00 bits per heavy atom. The molecule has 0 aromatic heterocycles. The number of halogens is 1. The van der Waals surface area contributed by atoms with E-state index in [9.17, 15) is 9.50 Å². The van der Waals surface area contributed by atoms with E-state index in [1.54, 1.807) is 19.1 Å². The van der Waals surface area contributed by atoms with Crippen LogP contribution in [0.15, 0.2) is 24.3 Å². The van der Waals surface area contributed by atoms with Crippen molar-refractivity contribution in [3.63, 3.8) is 0 Å². The van der Waals surface area contributed by atoms with Crippen molar-refractivity contribution in [3.8, 4) is 0 Å². The molecule has 1 rings (SSSR count). The fourth-order valence-corrected chi connectivity index (χ4v) is 1.84. The summed E-state index contributed by atoms with van der Waals surface area (Å²) in [4.78, 5) is 1.90. The quantitative estimate of drug-likeness (QED) is 0.733. The Morgan fingerprint density at radius 1 is 1.33 bits per heavy atom. The van der Waals surface area contributed by atoms with Gasteiger partial charge in [-0.05, 0) is 38.3 Å². The maximum Gasteiger partial charge on any atom is 0.146 e. The number of rotatable bonds is 7. The molecule has 1 atom stereocenters. The van der Waals surface area contributed by atoms with E-state index in [0.29, 0.717) is 12.1 Å². The number of aliphatic hydroxyl groups is 1. The highest BCUT2D eigenvalue weighted by atomic mass is 19.1. The van der Waals surface area contributed by atoms with Gasteiger partial charge >= 0.3 is 0 Å². The van der Waals surface area contributed by atoms with E-state index >= 15 is 0 Å². The first-order valence-electron chi connectivity index (χ1n) is 6.34. The molecule has 0 bridgehead atoms. The molecule has 0 amide bonds. The smallest absolute Gasteiger partial charge is 0.146 e. The summed E-state index contributed by atoms with van der Waals surface area (Å²) < 4.78 is 13.5. The summed E-state index contributed by atoms with van der Waals surface area (Å²) in [5.41, 5.74) is 5.28. The molecule has 1 aromatic rings. The van der Waals surface area contributed by atoms with Gasteiger partial charge in [0.1, 0.15) is 5.82 Å². The van der Waals surface area contributed by atoms with E-state index in [1.807, 2.05) is 18.0 Å². The molecule has 102 valence electrons. The third-order valence-electron chi connectivity index (χ3n) is 3.16. The maximum atomic E-state index is 13.5. The normalized spacial score (nSPS) is 14.3. The summed E-state index contributed by atoms with van der Waals surface area (Å²) in [6.45, 7) is 2.78. The maximum absolute atomic E-state index is 13.5. The highest BCUT2D eigenvalue weighted by molar-refractivity contribution is 5.46. The molecule has 0 radical (unpaired) electrons. The Bertz CT molecular complexity index is 369. The number of unbranched alkanes of at least 4 members (excludes halogenated alkanes) is 1. The molecule has 1 aromatic carbocycles. The first-order chi connectivity index (χ1) is 8.46. The topological polar surface area (TPSA) is 49.5 Å². The largest absolute Gasteiger partial charge is 0.389 e. The molecule has 0 aliphatic rings. The number of anilines is 1. The van der Waals surface area contributed by atoms with Gasteiger partial charge in [-0.3, -0.25) is 0 Å². The SMILES string of the molecule is CN(CCCCC(C)(O)CN)c1ccccc1F. The third-order valence-corrected chi connectivity index (χ3v) is 3.16. The van der Waals surface area contributed by atoms with Crippen molar-refractivity contribution in [1.29, 1.82) is 0 Å². The summed E-state index contributed by atoms with van der Waals surface area (Å²) in [6.07, 6.45) is 2.46. The highest BCUT2D eigenvalue weighted by Crippen LogP contribution is 2.18. The van der Waals surface area contributed by atoms with Gasteiger partial charge in [0.25, 0.3) is 0 Å². The summed E-state index contributed by atoms with van der Waals surface area (Å²) in [5.74, 6) is -0.200. The molecule has 18 heavy (non-hydrogen) atoms. The van der Waals surface area contributed by atoms with Crippen LogP contribution in [0.1, 0.15) is 26.2 Å². The lowest BCUT2D eigenvalue weighted by Crippen LogP contribution is -2.34. The van der Waals surface area contributed by atoms with Crippen LogP contribution in [-0.2, 0) is 0 Å². The van der Waals surface area contributed by atoms with Crippen molar-refractivity contribution in [1.82, 2.24) is 0 Å². The molecule has 0 aliphatic heterocycles. The minimum atomic E-state index is -0.781. The molecule has 3 nitrogen and oxygen atoms in total. The van der Waals surface area contributed by atoms with Crippen molar-refractivity contribution in [3.05, 3.63) is 30.1 Å². The average Bonchev–Trinajstić information content (AvgIpc) is 2.35. The number of nitrogens with two attached hydrogens (primary N) is 1. The van der Waals surface area contributed by atoms with Crippen molar-refractivity contribution in [2.45, 2.75) is 31.8 Å². The molecule has 0 fully saturated rings. The molecular weight excluding hydrogens is 231 g/mol. The lowest BCUT2D eigenvalue weighted by molar-refractivity contribution is 0.0575. The minimum Gasteiger partial charge on any atom is -0.389 e. The number of para-hydroxylation sites is 1. The molecule has 3 N–H and O–H groups in total. The van der Waals surface area contributed by atoms with E-state index in [1.165, 1.54) is 6.07 Å². The van der Waals surface area contributed by atoms with Crippen LogP contribution in [0.5, 0.6) is 0 Å². The van der Waals surface area contributed by atoms with E-state index in [0.717, 1.165) is 19.4 Å². The zero-order chi connectivity index (χ0) is 13.6. The van der Waals surface area contributed by atoms with Gasteiger partial charge in [-0.15, -0.1) is 0 Å². The lowest BCUT2D eigenvalue weighted by Gasteiger charge is -2.23. The highest BCUT2D eigenvalue weighted by Gasteiger charge is 2.17. The average molecular weight is 254 g/mol. The molecule has 0 heterocycles. The van der Waals surface area contributed by atoms with Gasteiger partial charge in [0.05, 0.1) is 11.3 Å². The van der Waals surface area contributed by atoms with E-state index in [4.69, 9.17) is 5.73 Å². The van der Waals surface area contributed by atoms with Crippen LogP contribution in [0.2, 0.25) is 0 Å². The van der Waals surface area contributed by atoms with Crippen LogP contribution in [-0.4, -0.2) is 30.8 Å². The zero-order valence-corrected chi connectivity index (χ0v) is 11.2. The monoisotopic (exact) mass is 254 g/mol. The van der Waals surface area contributed by atoms with Crippen molar-refractivity contribution in [2.24, 2.45) is 5.73 Å². The van der Waals surface area contributed by atoms with Gasteiger partial charge in [-0.25, -0.2) is 4.39 Å². The predicted octanol–water partition coefficient (Wildman–Crippen LogP) is 2.14. The molecule has 0 aliphatic carbocycles. The van der Waals surface area contributed by atoms with Crippen LogP contribution < -0.4 is 10.6 Å². The Hall–Kier alpha value is -1.13. The number of hydrogen-bond donors (Lipinski definition) is 2. The molecular formula is C14H23FN2O. The van der Waals surface area contributed by atoms with E-state index in [-0.39, 0.29) is 12.4 Å². The summed E-state index contributed by atoms with van der Waals surface area (Å²) in [6, 6.07) is 6.75. The van der Waals surface area contributed by atoms with Gasteiger partial charge in [-0.1, -0.05) is 12.1 Å². The second-order valence-electron chi connectivity index (χ2n) is 5.03. The molecule has 0 saturated heterocycles. The van der Waals surface area contributed by atoms with Crippen molar-refractivity contribution < 1.29 is 9.50 Å². The lowest BCUT2D eigenvalue weighted by atomic mass is 9.99. The first-order valence-corrected chi connectivity index (χ1v) is 6.34. The first kappa shape index (κ1) is 14.9. The summed E-state index contributed by atoms with van der Waals surface area (Å²) >= 11 is 0. The number of benzene rings is 1. The van der Waals surface area contributed by atoms with Crippen LogP contribution in [0, 0.1) is 5.82 Å². The van der Waals surface area contributed by atoms with Crippen LogP contribution in [0.25, 0.3) is 0 Å². The standard InChI is InChI=1S/C14H23FN2O/c1-14(18,11-16)9-5-6-10-17(2)13-8-4-3-7-12(13)15/h3-4,7-8,18H,5-6,9-11,16H2,1-2H3. The van der Waals surface area contributed by atoms with E-state index in [2.05, 4.69) is 0 Å². The summed E-state index contributed by atoms with van der Waals surface area (Å²) in [5, 5.41) is 9.75. The van der Waals surface area contributed by atoms with Crippen molar-refractivity contribution >= 4 is 5.69 Å². The number of hydrogen-bond acceptors (Lipinski definition) is 3. The molecule has 4 heteroatoms. The fraction of sp³-hybridized carbons (Fsp3) is 0.571. The minimum absolute atomic E-state index is 0.200. The number of nitrogens with zero attached hydrogens (tertiary/aromatic N) is 1.